The molecule has 2 rings (SSSR count). The van der Waals surface area contributed by atoms with E-state index in [1.54, 1.807) is 0 Å². The van der Waals surface area contributed by atoms with E-state index in [4.69, 9.17) is 0 Å². The van der Waals surface area contributed by atoms with Crippen molar-refractivity contribution in [1.82, 2.24) is 4.90 Å². The second-order valence-electron chi connectivity index (χ2n) is 6.65. The van der Waals surface area contributed by atoms with Crippen LogP contribution in [0.25, 0.3) is 0 Å². The van der Waals surface area contributed by atoms with Crippen molar-refractivity contribution in [1.29, 1.82) is 0 Å². The molecule has 0 radical (unpaired) electrons. The van der Waals surface area contributed by atoms with E-state index < -0.39 is 0 Å². The lowest BCUT2D eigenvalue weighted by atomic mass is 9.78. The quantitative estimate of drug-likeness (QED) is 0.748. The minimum absolute atomic E-state index is 0.344. The van der Waals surface area contributed by atoms with E-state index in [2.05, 4.69) is 18.7 Å². The first-order valence-corrected chi connectivity index (χ1v) is 8.51. The van der Waals surface area contributed by atoms with Crippen molar-refractivity contribution in [3.8, 4) is 0 Å². The van der Waals surface area contributed by atoms with Crippen LogP contribution in [0, 0.1) is 11.8 Å². The summed E-state index contributed by atoms with van der Waals surface area (Å²) in [6.07, 6.45) is 11.1. The molecule has 1 aliphatic carbocycles. The molecule has 110 valence electrons. The Kier molecular flexibility index (Phi) is 5.87. The summed E-state index contributed by atoms with van der Waals surface area (Å²) in [5, 5.41) is 0. The van der Waals surface area contributed by atoms with E-state index >= 15 is 0 Å². The highest BCUT2D eigenvalue weighted by molar-refractivity contribution is 5.81. The number of rotatable bonds is 5. The zero-order chi connectivity index (χ0) is 13.7. The summed E-state index contributed by atoms with van der Waals surface area (Å²) in [6.45, 7) is 6.84. The van der Waals surface area contributed by atoms with Gasteiger partial charge in [-0.3, -0.25) is 9.69 Å². The minimum atomic E-state index is 0.344. The summed E-state index contributed by atoms with van der Waals surface area (Å²) in [5.41, 5.74) is 0. The number of carbonyl (C=O) groups excluding carboxylic acids is 1. The Morgan fingerprint density at radius 3 is 2.79 bits per heavy atom. The molecule has 0 aromatic heterocycles. The van der Waals surface area contributed by atoms with Gasteiger partial charge in [0, 0.05) is 24.9 Å². The van der Waals surface area contributed by atoms with E-state index in [1.165, 1.54) is 45.1 Å². The topological polar surface area (TPSA) is 20.3 Å². The first-order chi connectivity index (χ1) is 9.24. The summed E-state index contributed by atoms with van der Waals surface area (Å²) in [7, 11) is 0. The van der Waals surface area contributed by atoms with Crippen LogP contribution in [0.1, 0.15) is 71.6 Å². The lowest BCUT2D eigenvalue weighted by molar-refractivity contribution is -0.126. The lowest BCUT2D eigenvalue weighted by Gasteiger charge is -2.39. The van der Waals surface area contributed by atoms with Crippen LogP contribution in [-0.4, -0.2) is 29.8 Å². The Hall–Kier alpha value is -0.370. The molecule has 0 N–H and O–H groups in total. The van der Waals surface area contributed by atoms with Gasteiger partial charge in [-0.15, -0.1) is 0 Å². The standard InChI is InChI=1S/C17H31NO/c1-3-7-16-8-5-6-11-18(16)13-15-12-14(4-2)9-10-17(15)19/h14-16H,3-13H2,1-2H3. The van der Waals surface area contributed by atoms with Gasteiger partial charge in [-0.1, -0.05) is 33.1 Å². The smallest absolute Gasteiger partial charge is 0.137 e. The summed E-state index contributed by atoms with van der Waals surface area (Å²) in [4.78, 5) is 14.8. The fraction of sp³-hybridized carbons (Fsp3) is 0.941. The van der Waals surface area contributed by atoms with Gasteiger partial charge in [0.1, 0.15) is 5.78 Å². The molecule has 1 saturated carbocycles. The van der Waals surface area contributed by atoms with E-state index in [1.807, 2.05) is 0 Å². The summed E-state index contributed by atoms with van der Waals surface area (Å²) < 4.78 is 0. The highest BCUT2D eigenvalue weighted by Crippen LogP contribution is 2.31. The molecule has 0 bridgehead atoms. The average molecular weight is 265 g/mol. The number of ketones is 1. The summed E-state index contributed by atoms with van der Waals surface area (Å²) >= 11 is 0. The SMILES string of the molecule is CCCC1CCCCN1CC1CC(CC)CCC1=O. The first-order valence-electron chi connectivity index (χ1n) is 8.51. The first kappa shape index (κ1) is 15.0. The summed E-state index contributed by atoms with van der Waals surface area (Å²) in [6, 6.07) is 0.758. The molecule has 0 aromatic rings. The van der Waals surface area contributed by atoms with Crippen LogP contribution in [0.15, 0.2) is 0 Å². The molecule has 0 spiro atoms. The third-order valence-corrected chi connectivity index (χ3v) is 5.28. The van der Waals surface area contributed by atoms with E-state index in [0.717, 1.165) is 37.8 Å². The van der Waals surface area contributed by atoms with Crippen molar-refractivity contribution >= 4 is 5.78 Å². The number of piperidine rings is 1. The number of nitrogens with zero attached hydrogens (tertiary/aromatic N) is 1. The van der Waals surface area contributed by atoms with Crippen LogP contribution in [0.5, 0.6) is 0 Å². The van der Waals surface area contributed by atoms with Gasteiger partial charge in [0.05, 0.1) is 0 Å². The molecule has 3 unspecified atom stereocenters. The summed E-state index contributed by atoms with van der Waals surface area (Å²) in [5.74, 6) is 1.69. The number of carbonyl (C=O) groups is 1. The Labute approximate surface area is 118 Å². The predicted molar refractivity (Wildman–Crippen MR) is 80.2 cm³/mol. The monoisotopic (exact) mass is 265 g/mol. The van der Waals surface area contributed by atoms with Crippen molar-refractivity contribution in [2.45, 2.75) is 77.7 Å². The fourth-order valence-corrected chi connectivity index (χ4v) is 3.99. The van der Waals surface area contributed by atoms with Gasteiger partial charge in [0.25, 0.3) is 0 Å². The van der Waals surface area contributed by atoms with Crippen LogP contribution in [-0.2, 0) is 4.79 Å². The Bertz CT molecular complexity index is 287. The molecule has 1 saturated heterocycles. The molecule has 2 nitrogen and oxygen atoms in total. The van der Waals surface area contributed by atoms with E-state index in [-0.39, 0.29) is 0 Å². The van der Waals surface area contributed by atoms with Gasteiger partial charge < -0.3 is 0 Å². The van der Waals surface area contributed by atoms with E-state index in [9.17, 15) is 4.79 Å². The lowest BCUT2D eigenvalue weighted by Crippen LogP contribution is -2.44. The normalized spacial score (nSPS) is 33.6. The maximum absolute atomic E-state index is 12.2. The minimum Gasteiger partial charge on any atom is -0.300 e. The molecule has 2 heteroatoms. The second-order valence-corrected chi connectivity index (χ2v) is 6.65. The van der Waals surface area contributed by atoms with E-state index in [0.29, 0.717) is 11.7 Å². The van der Waals surface area contributed by atoms with Gasteiger partial charge in [-0.2, -0.15) is 0 Å². The molecule has 3 atom stereocenters. The van der Waals surface area contributed by atoms with Crippen LogP contribution >= 0.6 is 0 Å². The maximum Gasteiger partial charge on any atom is 0.137 e. The molecule has 0 aromatic carbocycles. The number of Topliss-reactive ketones (excluding diaryl/α,β-unsaturated/α-hetero) is 1. The van der Waals surface area contributed by atoms with Crippen LogP contribution in [0.4, 0.5) is 0 Å². The van der Waals surface area contributed by atoms with Crippen molar-refractivity contribution in [2.24, 2.45) is 11.8 Å². The van der Waals surface area contributed by atoms with Gasteiger partial charge in [0.15, 0.2) is 0 Å². The molecule has 19 heavy (non-hydrogen) atoms. The largest absolute Gasteiger partial charge is 0.300 e. The highest BCUT2D eigenvalue weighted by atomic mass is 16.1. The predicted octanol–water partition coefficient (Wildman–Crippen LogP) is 4.04. The zero-order valence-corrected chi connectivity index (χ0v) is 12.9. The van der Waals surface area contributed by atoms with Gasteiger partial charge in [-0.05, 0) is 44.6 Å². The number of hydrogen-bond donors (Lipinski definition) is 0. The molecular formula is C17H31NO. The third-order valence-electron chi connectivity index (χ3n) is 5.28. The molecule has 1 aliphatic heterocycles. The zero-order valence-electron chi connectivity index (χ0n) is 12.9. The molecule has 2 aliphatic rings. The average Bonchev–Trinajstić information content (AvgIpc) is 2.43. The maximum atomic E-state index is 12.2. The second kappa shape index (κ2) is 7.42. The Morgan fingerprint density at radius 1 is 1.21 bits per heavy atom. The van der Waals surface area contributed by atoms with Crippen LogP contribution in [0.3, 0.4) is 0 Å². The Morgan fingerprint density at radius 2 is 2.05 bits per heavy atom. The number of hydrogen-bond acceptors (Lipinski definition) is 2. The van der Waals surface area contributed by atoms with Crippen molar-refractivity contribution in [2.75, 3.05) is 13.1 Å². The van der Waals surface area contributed by atoms with Crippen molar-refractivity contribution in [3.05, 3.63) is 0 Å². The molecular weight excluding hydrogens is 234 g/mol. The molecule has 0 amide bonds. The molecule has 1 heterocycles. The Balaban J connectivity index is 1.91. The molecule has 2 fully saturated rings. The van der Waals surface area contributed by atoms with Crippen molar-refractivity contribution < 1.29 is 4.79 Å². The highest BCUT2D eigenvalue weighted by Gasteiger charge is 2.31. The van der Waals surface area contributed by atoms with Gasteiger partial charge in [0.2, 0.25) is 0 Å². The van der Waals surface area contributed by atoms with Crippen LogP contribution in [0.2, 0.25) is 0 Å². The van der Waals surface area contributed by atoms with Gasteiger partial charge >= 0.3 is 0 Å². The third kappa shape index (κ3) is 4.05. The van der Waals surface area contributed by atoms with Crippen molar-refractivity contribution in [3.63, 3.8) is 0 Å². The van der Waals surface area contributed by atoms with Crippen LogP contribution < -0.4 is 0 Å². The van der Waals surface area contributed by atoms with Gasteiger partial charge in [-0.25, -0.2) is 0 Å². The number of likely N-dealkylation sites (tertiary alicyclic amines) is 1. The fourth-order valence-electron chi connectivity index (χ4n) is 3.99.